The Morgan fingerprint density at radius 3 is 2.88 bits per heavy atom. The molecule has 16 heavy (non-hydrogen) atoms. The fourth-order valence-electron chi connectivity index (χ4n) is 1.34. The molecule has 1 aromatic heterocycles. The molecule has 0 fully saturated rings. The number of alkyl halides is 1. The summed E-state index contributed by atoms with van der Waals surface area (Å²) in [5, 5.41) is 3.68. The average molecular weight is 290 g/mol. The Hall–Kier alpha value is -0.810. The van der Waals surface area contributed by atoms with Crippen molar-refractivity contribution in [3.8, 4) is 0 Å². The lowest BCUT2D eigenvalue weighted by atomic mass is 10.2. The SMILES string of the molecule is COCC(CCBr)NC(=O)c1ccc(C)o1. The van der Waals surface area contributed by atoms with Crippen LogP contribution in [0.5, 0.6) is 0 Å². The van der Waals surface area contributed by atoms with Crippen LogP contribution >= 0.6 is 15.9 Å². The van der Waals surface area contributed by atoms with E-state index in [-0.39, 0.29) is 11.9 Å². The molecule has 0 aliphatic rings. The number of nitrogens with one attached hydrogen (secondary N) is 1. The van der Waals surface area contributed by atoms with Gasteiger partial charge in [0.1, 0.15) is 5.76 Å². The summed E-state index contributed by atoms with van der Waals surface area (Å²) in [5.74, 6) is 0.873. The van der Waals surface area contributed by atoms with Crippen LogP contribution in [0.3, 0.4) is 0 Å². The molecule has 1 atom stereocenters. The number of ether oxygens (including phenoxy) is 1. The summed E-state index contributed by atoms with van der Waals surface area (Å²) >= 11 is 3.34. The molecular weight excluding hydrogens is 274 g/mol. The molecule has 0 aliphatic heterocycles. The molecule has 1 N–H and O–H groups in total. The molecule has 5 heteroatoms. The van der Waals surface area contributed by atoms with Crippen LogP contribution in [0.15, 0.2) is 16.5 Å². The second-order valence-corrected chi connectivity index (χ2v) is 4.31. The van der Waals surface area contributed by atoms with Crippen molar-refractivity contribution < 1.29 is 13.9 Å². The van der Waals surface area contributed by atoms with E-state index >= 15 is 0 Å². The molecule has 0 aromatic carbocycles. The Labute approximate surface area is 103 Å². The van der Waals surface area contributed by atoms with E-state index in [4.69, 9.17) is 9.15 Å². The minimum Gasteiger partial charge on any atom is -0.456 e. The number of aryl methyl sites for hydroxylation is 1. The minimum atomic E-state index is -0.198. The molecule has 0 spiro atoms. The van der Waals surface area contributed by atoms with Gasteiger partial charge in [0.25, 0.3) is 5.91 Å². The fourth-order valence-corrected chi connectivity index (χ4v) is 1.90. The third kappa shape index (κ3) is 3.98. The van der Waals surface area contributed by atoms with Crippen molar-refractivity contribution in [3.63, 3.8) is 0 Å². The maximum absolute atomic E-state index is 11.7. The lowest BCUT2D eigenvalue weighted by molar-refractivity contribution is 0.0867. The smallest absolute Gasteiger partial charge is 0.287 e. The van der Waals surface area contributed by atoms with Gasteiger partial charge in [-0.15, -0.1) is 0 Å². The Morgan fingerprint density at radius 1 is 1.62 bits per heavy atom. The Bertz CT molecular complexity index is 332. The van der Waals surface area contributed by atoms with E-state index in [9.17, 15) is 4.79 Å². The molecule has 1 rings (SSSR count). The summed E-state index contributed by atoms with van der Waals surface area (Å²) in [4.78, 5) is 11.7. The van der Waals surface area contributed by atoms with Crippen molar-refractivity contribution in [2.24, 2.45) is 0 Å². The third-order valence-electron chi connectivity index (χ3n) is 2.12. The van der Waals surface area contributed by atoms with E-state index in [1.54, 1.807) is 19.2 Å². The maximum atomic E-state index is 11.7. The van der Waals surface area contributed by atoms with Gasteiger partial charge in [0.05, 0.1) is 12.6 Å². The summed E-state index contributed by atoms with van der Waals surface area (Å²) in [6, 6.07) is 3.44. The van der Waals surface area contributed by atoms with Crippen LogP contribution in [0.25, 0.3) is 0 Å². The first kappa shape index (κ1) is 13.3. The predicted molar refractivity (Wildman–Crippen MR) is 65.0 cm³/mol. The van der Waals surface area contributed by atoms with E-state index in [1.165, 1.54) is 0 Å². The summed E-state index contributed by atoms with van der Waals surface area (Å²) in [5.41, 5.74) is 0. The van der Waals surface area contributed by atoms with Gasteiger partial charge in [-0.3, -0.25) is 4.79 Å². The van der Waals surface area contributed by atoms with Gasteiger partial charge >= 0.3 is 0 Å². The highest BCUT2D eigenvalue weighted by Crippen LogP contribution is 2.07. The summed E-state index contributed by atoms with van der Waals surface area (Å²) < 4.78 is 10.3. The zero-order valence-corrected chi connectivity index (χ0v) is 11.0. The predicted octanol–water partition coefficient (Wildman–Crippen LogP) is 2.12. The van der Waals surface area contributed by atoms with Crippen LogP contribution in [0.1, 0.15) is 22.7 Å². The molecule has 1 unspecified atom stereocenters. The maximum Gasteiger partial charge on any atom is 0.287 e. The monoisotopic (exact) mass is 289 g/mol. The molecule has 1 heterocycles. The Morgan fingerprint density at radius 2 is 2.38 bits per heavy atom. The van der Waals surface area contributed by atoms with Crippen molar-refractivity contribution in [1.82, 2.24) is 5.32 Å². The summed E-state index contributed by atoms with van der Waals surface area (Å²) in [6.45, 7) is 2.30. The second-order valence-electron chi connectivity index (χ2n) is 3.51. The van der Waals surface area contributed by atoms with Crippen molar-refractivity contribution in [2.75, 3.05) is 19.0 Å². The van der Waals surface area contributed by atoms with Crippen LogP contribution in [0.4, 0.5) is 0 Å². The summed E-state index contributed by atoms with van der Waals surface area (Å²) in [7, 11) is 1.62. The van der Waals surface area contributed by atoms with Gasteiger partial charge in [-0.05, 0) is 25.5 Å². The van der Waals surface area contributed by atoms with Gasteiger partial charge in [0.15, 0.2) is 5.76 Å². The number of amides is 1. The van der Waals surface area contributed by atoms with Crippen LogP contribution < -0.4 is 5.32 Å². The molecule has 1 aromatic rings. The number of furan rings is 1. The molecule has 4 nitrogen and oxygen atoms in total. The fraction of sp³-hybridized carbons (Fsp3) is 0.545. The van der Waals surface area contributed by atoms with Gasteiger partial charge < -0.3 is 14.5 Å². The Balaban J connectivity index is 2.54. The molecule has 90 valence electrons. The van der Waals surface area contributed by atoms with Gasteiger partial charge in [0, 0.05) is 12.4 Å². The number of carbonyl (C=O) groups excluding carboxylic acids is 1. The number of methoxy groups -OCH3 is 1. The Kier molecular flexibility index (Phi) is 5.55. The molecule has 0 radical (unpaired) electrons. The van der Waals surface area contributed by atoms with Gasteiger partial charge in [-0.25, -0.2) is 0 Å². The number of halogens is 1. The van der Waals surface area contributed by atoms with E-state index in [0.717, 1.165) is 17.5 Å². The molecule has 0 bridgehead atoms. The van der Waals surface area contributed by atoms with E-state index in [2.05, 4.69) is 21.2 Å². The normalized spacial score (nSPS) is 12.4. The standard InChI is InChI=1S/C11H16BrNO3/c1-8-3-4-10(16-8)11(14)13-9(5-6-12)7-15-2/h3-4,9H,5-7H2,1-2H3,(H,13,14). The first-order chi connectivity index (χ1) is 7.67. The van der Waals surface area contributed by atoms with Crippen LogP contribution in [-0.2, 0) is 4.74 Å². The van der Waals surface area contributed by atoms with E-state index < -0.39 is 0 Å². The van der Waals surface area contributed by atoms with Gasteiger partial charge in [-0.2, -0.15) is 0 Å². The highest BCUT2D eigenvalue weighted by Gasteiger charge is 2.15. The van der Waals surface area contributed by atoms with E-state index in [1.807, 2.05) is 6.92 Å². The minimum absolute atomic E-state index is 0.00211. The lowest BCUT2D eigenvalue weighted by Crippen LogP contribution is -2.38. The van der Waals surface area contributed by atoms with Crippen LogP contribution in [0, 0.1) is 6.92 Å². The zero-order valence-electron chi connectivity index (χ0n) is 9.46. The average Bonchev–Trinajstić information content (AvgIpc) is 2.65. The van der Waals surface area contributed by atoms with E-state index in [0.29, 0.717) is 12.4 Å². The highest BCUT2D eigenvalue weighted by atomic mass is 79.9. The highest BCUT2D eigenvalue weighted by molar-refractivity contribution is 9.09. The molecule has 1 amide bonds. The molecular formula is C11H16BrNO3. The van der Waals surface area contributed by atoms with Gasteiger partial charge in [-0.1, -0.05) is 15.9 Å². The number of rotatable bonds is 6. The van der Waals surface area contributed by atoms with Crippen molar-refractivity contribution in [2.45, 2.75) is 19.4 Å². The first-order valence-electron chi connectivity index (χ1n) is 5.09. The number of carbonyl (C=O) groups is 1. The van der Waals surface area contributed by atoms with Crippen molar-refractivity contribution in [1.29, 1.82) is 0 Å². The van der Waals surface area contributed by atoms with Crippen LogP contribution in [-0.4, -0.2) is 31.0 Å². The van der Waals surface area contributed by atoms with Crippen molar-refractivity contribution in [3.05, 3.63) is 23.7 Å². The summed E-state index contributed by atoms with van der Waals surface area (Å²) in [6.07, 6.45) is 0.819. The van der Waals surface area contributed by atoms with Crippen LogP contribution in [0.2, 0.25) is 0 Å². The molecule has 0 saturated carbocycles. The second kappa shape index (κ2) is 6.70. The molecule has 0 aliphatic carbocycles. The van der Waals surface area contributed by atoms with Gasteiger partial charge in [0.2, 0.25) is 0 Å². The molecule has 0 saturated heterocycles. The number of hydrogen-bond donors (Lipinski definition) is 1. The van der Waals surface area contributed by atoms with Crippen molar-refractivity contribution >= 4 is 21.8 Å². The largest absolute Gasteiger partial charge is 0.456 e. The number of hydrogen-bond acceptors (Lipinski definition) is 3. The third-order valence-corrected chi connectivity index (χ3v) is 2.58. The topological polar surface area (TPSA) is 51.5 Å². The lowest BCUT2D eigenvalue weighted by Gasteiger charge is -2.15. The first-order valence-corrected chi connectivity index (χ1v) is 6.21. The quantitative estimate of drug-likeness (QED) is 0.816. The zero-order chi connectivity index (χ0) is 12.0.